The summed E-state index contributed by atoms with van der Waals surface area (Å²) in [6, 6.07) is 7.27. The molecule has 0 atom stereocenters. The van der Waals surface area contributed by atoms with E-state index in [-0.39, 0.29) is 0 Å². The van der Waals surface area contributed by atoms with Crippen molar-refractivity contribution in [3.63, 3.8) is 0 Å². The van der Waals surface area contributed by atoms with Crippen LogP contribution in [0.4, 0.5) is 0 Å². The molecule has 4 heteroatoms. The van der Waals surface area contributed by atoms with E-state index in [9.17, 15) is 4.79 Å². The zero-order valence-electron chi connectivity index (χ0n) is 9.06. The third-order valence-electron chi connectivity index (χ3n) is 2.36. The van der Waals surface area contributed by atoms with Crippen LogP contribution in [0.2, 0.25) is 0 Å². The van der Waals surface area contributed by atoms with E-state index in [1.165, 1.54) is 7.11 Å². The number of rotatable bonds is 2. The monoisotopic (exact) mass is 217 g/mol. The maximum atomic E-state index is 11.5. The number of fused-ring (bicyclic) bond motifs is 1. The molecule has 2 aromatic rings. The molecule has 0 unspecified atom stereocenters. The highest BCUT2D eigenvalue weighted by Crippen LogP contribution is 2.26. The van der Waals surface area contributed by atoms with Gasteiger partial charge in [0.25, 0.3) is 0 Å². The Morgan fingerprint density at radius 1 is 1.19 bits per heavy atom. The molecule has 16 heavy (non-hydrogen) atoms. The summed E-state index contributed by atoms with van der Waals surface area (Å²) in [5.41, 5.74) is 0.305. The molecule has 1 aromatic heterocycles. The Morgan fingerprint density at radius 2 is 2.00 bits per heavy atom. The molecular formula is C12H11NO3. The number of carbonyl (C=O) groups is 1. The van der Waals surface area contributed by atoms with Gasteiger partial charge >= 0.3 is 5.97 Å². The molecule has 0 fully saturated rings. The lowest BCUT2D eigenvalue weighted by molar-refractivity contribution is 0.0596. The van der Waals surface area contributed by atoms with Crippen molar-refractivity contribution in [2.75, 3.05) is 14.2 Å². The van der Waals surface area contributed by atoms with Crippen LogP contribution >= 0.6 is 0 Å². The van der Waals surface area contributed by atoms with Crippen LogP contribution in [-0.4, -0.2) is 25.2 Å². The van der Waals surface area contributed by atoms with Gasteiger partial charge in [0.15, 0.2) is 5.69 Å². The van der Waals surface area contributed by atoms with Crippen molar-refractivity contribution >= 4 is 16.7 Å². The van der Waals surface area contributed by atoms with Crippen LogP contribution in [-0.2, 0) is 4.74 Å². The van der Waals surface area contributed by atoms with Gasteiger partial charge in [0.2, 0.25) is 0 Å². The topological polar surface area (TPSA) is 48.4 Å². The lowest BCUT2D eigenvalue weighted by Crippen LogP contribution is -2.04. The van der Waals surface area contributed by atoms with Crippen molar-refractivity contribution < 1.29 is 14.3 Å². The molecule has 82 valence electrons. The summed E-state index contributed by atoms with van der Waals surface area (Å²) < 4.78 is 9.89. The largest absolute Gasteiger partial charge is 0.496 e. The van der Waals surface area contributed by atoms with Crippen LogP contribution in [0, 0.1) is 0 Å². The summed E-state index contributed by atoms with van der Waals surface area (Å²) in [6.07, 6.45) is 1.57. The standard InChI is InChI=1S/C12H11NO3/c1-15-10-5-3-4-9-8(10)6-7-13-11(9)12(14)16-2/h3-7H,1-2H3. The molecule has 0 radical (unpaired) electrons. The molecule has 4 nitrogen and oxygen atoms in total. The summed E-state index contributed by atoms with van der Waals surface area (Å²) in [6.45, 7) is 0. The number of ether oxygens (including phenoxy) is 2. The summed E-state index contributed by atoms with van der Waals surface area (Å²) in [5, 5.41) is 1.58. The molecule has 0 amide bonds. The number of pyridine rings is 1. The van der Waals surface area contributed by atoms with E-state index in [4.69, 9.17) is 4.74 Å². The minimum atomic E-state index is -0.446. The number of hydrogen-bond acceptors (Lipinski definition) is 4. The van der Waals surface area contributed by atoms with E-state index >= 15 is 0 Å². The van der Waals surface area contributed by atoms with Crippen molar-refractivity contribution in [2.45, 2.75) is 0 Å². The smallest absolute Gasteiger partial charge is 0.357 e. The molecule has 0 spiro atoms. The van der Waals surface area contributed by atoms with Gasteiger partial charge in [-0.3, -0.25) is 0 Å². The molecular weight excluding hydrogens is 206 g/mol. The van der Waals surface area contributed by atoms with Gasteiger partial charge in [0.05, 0.1) is 14.2 Å². The van der Waals surface area contributed by atoms with Crippen molar-refractivity contribution in [3.8, 4) is 5.75 Å². The molecule has 1 aromatic carbocycles. The van der Waals surface area contributed by atoms with Gasteiger partial charge in [-0.1, -0.05) is 12.1 Å². The highest BCUT2D eigenvalue weighted by atomic mass is 16.5. The number of methoxy groups -OCH3 is 2. The minimum absolute atomic E-state index is 0.305. The molecule has 0 aliphatic rings. The quantitative estimate of drug-likeness (QED) is 0.722. The first kappa shape index (κ1) is 10.4. The zero-order chi connectivity index (χ0) is 11.5. The minimum Gasteiger partial charge on any atom is -0.496 e. The second-order valence-electron chi connectivity index (χ2n) is 3.21. The Kier molecular flexibility index (Phi) is 2.72. The Labute approximate surface area is 92.8 Å². The van der Waals surface area contributed by atoms with Gasteiger partial charge in [-0.05, 0) is 12.1 Å². The van der Waals surface area contributed by atoms with Crippen molar-refractivity contribution in [2.24, 2.45) is 0 Å². The molecule has 0 aliphatic carbocycles. The van der Waals surface area contributed by atoms with Gasteiger partial charge < -0.3 is 9.47 Å². The van der Waals surface area contributed by atoms with Crippen molar-refractivity contribution in [3.05, 3.63) is 36.2 Å². The van der Waals surface area contributed by atoms with Crippen LogP contribution in [0.15, 0.2) is 30.5 Å². The Hall–Kier alpha value is -2.10. The number of carbonyl (C=O) groups excluding carboxylic acids is 1. The maximum absolute atomic E-state index is 11.5. The predicted molar refractivity (Wildman–Crippen MR) is 59.6 cm³/mol. The second-order valence-corrected chi connectivity index (χ2v) is 3.21. The summed E-state index contributed by atoms with van der Waals surface area (Å²) >= 11 is 0. The Balaban J connectivity index is 2.73. The fourth-order valence-electron chi connectivity index (χ4n) is 1.62. The second kappa shape index (κ2) is 4.18. The normalized spacial score (nSPS) is 10.1. The van der Waals surface area contributed by atoms with Crippen LogP contribution in [0.5, 0.6) is 5.75 Å². The average Bonchev–Trinajstić information content (AvgIpc) is 2.36. The molecule has 0 saturated carbocycles. The summed E-state index contributed by atoms with van der Waals surface area (Å²) in [5.74, 6) is 0.268. The molecule has 1 heterocycles. The molecule has 0 aliphatic heterocycles. The summed E-state index contributed by atoms with van der Waals surface area (Å²) in [4.78, 5) is 15.5. The van der Waals surface area contributed by atoms with Gasteiger partial charge in [0, 0.05) is 17.0 Å². The molecule has 0 bridgehead atoms. The Morgan fingerprint density at radius 3 is 2.69 bits per heavy atom. The number of hydrogen-bond donors (Lipinski definition) is 0. The van der Waals surface area contributed by atoms with Crippen molar-refractivity contribution in [1.82, 2.24) is 4.98 Å². The predicted octanol–water partition coefficient (Wildman–Crippen LogP) is 2.03. The zero-order valence-corrected chi connectivity index (χ0v) is 9.06. The lowest BCUT2D eigenvalue weighted by atomic mass is 10.1. The van der Waals surface area contributed by atoms with E-state index in [1.807, 2.05) is 18.2 Å². The van der Waals surface area contributed by atoms with Crippen molar-refractivity contribution in [1.29, 1.82) is 0 Å². The van der Waals surface area contributed by atoms with Gasteiger partial charge in [-0.15, -0.1) is 0 Å². The fourth-order valence-corrected chi connectivity index (χ4v) is 1.62. The van der Waals surface area contributed by atoms with Crippen LogP contribution < -0.4 is 4.74 Å². The number of aromatic nitrogens is 1. The van der Waals surface area contributed by atoms with Crippen LogP contribution in [0.3, 0.4) is 0 Å². The number of nitrogens with zero attached hydrogens (tertiary/aromatic N) is 1. The van der Waals surface area contributed by atoms with E-state index in [2.05, 4.69) is 9.72 Å². The van der Waals surface area contributed by atoms with Crippen LogP contribution in [0.1, 0.15) is 10.5 Å². The molecule has 2 rings (SSSR count). The third kappa shape index (κ3) is 1.58. The first-order valence-electron chi connectivity index (χ1n) is 4.78. The molecule has 0 N–H and O–H groups in total. The summed E-state index contributed by atoms with van der Waals surface area (Å²) in [7, 11) is 2.93. The first-order valence-corrected chi connectivity index (χ1v) is 4.78. The van der Waals surface area contributed by atoms with Gasteiger partial charge in [-0.2, -0.15) is 0 Å². The van der Waals surface area contributed by atoms with E-state index in [1.54, 1.807) is 19.4 Å². The highest BCUT2D eigenvalue weighted by Gasteiger charge is 2.13. The van der Waals surface area contributed by atoms with Gasteiger partial charge in [-0.25, -0.2) is 9.78 Å². The number of esters is 1. The van der Waals surface area contributed by atoms with Gasteiger partial charge in [0.1, 0.15) is 5.75 Å². The lowest BCUT2D eigenvalue weighted by Gasteiger charge is -2.07. The van der Waals surface area contributed by atoms with Crippen LogP contribution in [0.25, 0.3) is 10.8 Å². The Bertz CT molecular complexity index is 537. The van der Waals surface area contributed by atoms with E-state index in [0.29, 0.717) is 11.4 Å². The fraction of sp³-hybridized carbons (Fsp3) is 0.167. The van der Waals surface area contributed by atoms with E-state index in [0.717, 1.165) is 10.8 Å². The van der Waals surface area contributed by atoms with E-state index < -0.39 is 5.97 Å². The first-order chi connectivity index (χ1) is 7.77. The highest BCUT2D eigenvalue weighted by molar-refractivity contribution is 6.04. The maximum Gasteiger partial charge on any atom is 0.357 e. The average molecular weight is 217 g/mol. The number of benzene rings is 1. The third-order valence-corrected chi connectivity index (χ3v) is 2.36. The SMILES string of the molecule is COC(=O)c1nccc2c(OC)cccc12. The molecule has 0 saturated heterocycles.